The first kappa shape index (κ1) is 39.4. The summed E-state index contributed by atoms with van der Waals surface area (Å²) >= 11 is 0. The molecule has 0 saturated heterocycles. The van der Waals surface area contributed by atoms with Crippen molar-refractivity contribution in [3.63, 3.8) is 0 Å². The fourth-order valence-corrected chi connectivity index (χ4v) is 11.0. The molecular formula is C62H52N2. The Morgan fingerprint density at radius 2 is 0.672 bits per heavy atom. The van der Waals surface area contributed by atoms with Gasteiger partial charge < -0.3 is 9.80 Å². The summed E-state index contributed by atoms with van der Waals surface area (Å²) < 4.78 is 0. The number of nitrogens with zero attached hydrogens (tertiary/aromatic N) is 2. The van der Waals surface area contributed by atoms with E-state index in [1.54, 1.807) is 0 Å². The molecule has 0 atom stereocenters. The lowest BCUT2D eigenvalue weighted by Crippen LogP contribution is -2.23. The van der Waals surface area contributed by atoms with Gasteiger partial charge in [0.25, 0.3) is 0 Å². The molecule has 9 aromatic rings. The van der Waals surface area contributed by atoms with Crippen LogP contribution in [0.1, 0.15) is 62.8 Å². The molecule has 310 valence electrons. The normalized spacial score (nSPS) is 13.7. The minimum Gasteiger partial charge on any atom is -0.310 e. The second kappa shape index (κ2) is 15.7. The fourth-order valence-electron chi connectivity index (χ4n) is 11.0. The summed E-state index contributed by atoms with van der Waals surface area (Å²) in [5.41, 5.74) is 22.6. The zero-order valence-corrected chi connectivity index (χ0v) is 37.1. The SMILES string of the molecule is CCC1(CC)c2cc(-c3cccc(N(c4ccccc4)c4ccccc4)c3)ccc2-c2ccc(-c3cccc(N(c4ccccc4)c4ccc5c(c4)C(C)(C)c4ccccc4-5)c3)cc21. The fraction of sp³-hybridized carbons (Fsp3) is 0.129. The molecule has 0 radical (unpaired) electrons. The summed E-state index contributed by atoms with van der Waals surface area (Å²) in [5, 5.41) is 0. The smallest absolute Gasteiger partial charge is 0.0467 e. The average Bonchev–Trinajstić information content (AvgIpc) is 3.76. The van der Waals surface area contributed by atoms with Gasteiger partial charge in [-0.1, -0.05) is 161 Å². The monoisotopic (exact) mass is 824 g/mol. The Kier molecular flexibility index (Phi) is 9.69. The van der Waals surface area contributed by atoms with E-state index in [1.807, 2.05) is 0 Å². The van der Waals surface area contributed by atoms with Crippen LogP contribution in [0.4, 0.5) is 34.1 Å². The molecule has 0 aromatic heterocycles. The van der Waals surface area contributed by atoms with Gasteiger partial charge in [-0.3, -0.25) is 0 Å². The van der Waals surface area contributed by atoms with E-state index < -0.39 is 0 Å². The lowest BCUT2D eigenvalue weighted by Gasteiger charge is -2.30. The van der Waals surface area contributed by atoms with E-state index in [4.69, 9.17) is 0 Å². The van der Waals surface area contributed by atoms with E-state index in [1.165, 1.54) is 66.8 Å². The third kappa shape index (κ3) is 6.39. The van der Waals surface area contributed by atoms with Crippen LogP contribution in [0.5, 0.6) is 0 Å². The maximum Gasteiger partial charge on any atom is 0.0467 e. The van der Waals surface area contributed by atoms with Crippen molar-refractivity contribution in [2.24, 2.45) is 0 Å². The predicted molar refractivity (Wildman–Crippen MR) is 271 cm³/mol. The van der Waals surface area contributed by atoms with Crippen molar-refractivity contribution >= 4 is 34.1 Å². The van der Waals surface area contributed by atoms with Crippen LogP contribution in [0.3, 0.4) is 0 Å². The molecule has 2 heteroatoms. The number of benzene rings is 9. The summed E-state index contributed by atoms with van der Waals surface area (Å²) in [6.45, 7) is 9.46. The molecule has 0 saturated carbocycles. The predicted octanol–water partition coefficient (Wildman–Crippen LogP) is 17.4. The maximum atomic E-state index is 2.50. The molecule has 0 spiro atoms. The van der Waals surface area contributed by atoms with Crippen LogP contribution in [-0.4, -0.2) is 0 Å². The molecule has 11 rings (SSSR count). The van der Waals surface area contributed by atoms with Crippen LogP contribution in [0.2, 0.25) is 0 Å². The largest absolute Gasteiger partial charge is 0.310 e. The minimum atomic E-state index is -0.100. The van der Waals surface area contributed by atoms with Gasteiger partial charge in [-0.25, -0.2) is 0 Å². The number of rotatable bonds is 10. The molecule has 2 aliphatic rings. The van der Waals surface area contributed by atoms with Crippen LogP contribution in [-0.2, 0) is 10.8 Å². The van der Waals surface area contributed by atoms with Crippen LogP contribution in [0.15, 0.2) is 218 Å². The summed E-state index contributed by atoms with van der Waals surface area (Å²) in [6.07, 6.45) is 2.04. The molecule has 0 unspecified atom stereocenters. The van der Waals surface area contributed by atoms with Gasteiger partial charge in [0.1, 0.15) is 0 Å². The molecule has 0 N–H and O–H groups in total. The summed E-state index contributed by atoms with van der Waals surface area (Å²) in [4.78, 5) is 4.76. The number of fused-ring (bicyclic) bond motifs is 6. The van der Waals surface area contributed by atoms with E-state index in [9.17, 15) is 0 Å². The van der Waals surface area contributed by atoms with E-state index in [0.29, 0.717) is 0 Å². The highest BCUT2D eigenvalue weighted by Crippen LogP contribution is 2.55. The van der Waals surface area contributed by atoms with E-state index in [-0.39, 0.29) is 10.8 Å². The van der Waals surface area contributed by atoms with E-state index >= 15 is 0 Å². The summed E-state index contributed by atoms with van der Waals surface area (Å²) in [6, 6.07) is 80.6. The third-order valence-corrected chi connectivity index (χ3v) is 14.3. The van der Waals surface area contributed by atoms with Gasteiger partial charge in [0.05, 0.1) is 0 Å². The first-order valence-electron chi connectivity index (χ1n) is 22.9. The highest BCUT2D eigenvalue weighted by Gasteiger charge is 2.41. The van der Waals surface area contributed by atoms with Crippen molar-refractivity contribution in [1.29, 1.82) is 0 Å². The van der Waals surface area contributed by atoms with Gasteiger partial charge in [0.2, 0.25) is 0 Å². The Bertz CT molecular complexity index is 3120. The highest BCUT2D eigenvalue weighted by molar-refractivity contribution is 5.89. The van der Waals surface area contributed by atoms with Crippen molar-refractivity contribution in [3.8, 4) is 44.5 Å². The standard InChI is InChI=1S/C62H52N2/c1-5-62(6-2)59-40-45(43-20-18-28-50(38-43)63(47-22-10-7-11-23-47)48-24-12-8-13-25-48)32-35-55(59)56-36-33-46(41-60(56)62)44-21-19-29-51(39-44)64(49-26-14-9-15-27-49)52-34-37-54-53-30-16-17-31-57(53)61(3,4)58(54)42-52/h7-42H,5-6H2,1-4H3. The van der Waals surface area contributed by atoms with Gasteiger partial charge >= 0.3 is 0 Å². The molecule has 64 heavy (non-hydrogen) atoms. The van der Waals surface area contributed by atoms with Crippen molar-refractivity contribution in [2.75, 3.05) is 9.80 Å². The Morgan fingerprint density at radius 3 is 1.17 bits per heavy atom. The Balaban J connectivity index is 0.963. The molecule has 0 fully saturated rings. The highest BCUT2D eigenvalue weighted by atomic mass is 15.1. The van der Waals surface area contributed by atoms with Crippen molar-refractivity contribution < 1.29 is 0 Å². The van der Waals surface area contributed by atoms with Gasteiger partial charge in [-0.05, 0) is 165 Å². The lowest BCUT2D eigenvalue weighted by atomic mass is 9.73. The van der Waals surface area contributed by atoms with Crippen LogP contribution in [0.25, 0.3) is 44.5 Å². The van der Waals surface area contributed by atoms with Crippen molar-refractivity contribution in [2.45, 2.75) is 51.4 Å². The molecule has 2 nitrogen and oxygen atoms in total. The molecule has 9 aromatic carbocycles. The van der Waals surface area contributed by atoms with Gasteiger partial charge in [0.15, 0.2) is 0 Å². The van der Waals surface area contributed by atoms with Crippen molar-refractivity contribution in [3.05, 3.63) is 241 Å². The molecule has 0 bridgehead atoms. The van der Waals surface area contributed by atoms with Crippen LogP contribution >= 0.6 is 0 Å². The van der Waals surface area contributed by atoms with Crippen LogP contribution in [0, 0.1) is 0 Å². The topological polar surface area (TPSA) is 6.48 Å². The molecule has 0 amide bonds. The quantitative estimate of drug-likeness (QED) is 0.136. The Labute approximate surface area is 378 Å². The van der Waals surface area contributed by atoms with Gasteiger partial charge in [-0.2, -0.15) is 0 Å². The van der Waals surface area contributed by atoms with E-state index in [2.05, 4.69) is 256 Å². The average molecular weight is 825 g/mol. The second-order valence-corrected chi connectivity index (χ2v) is 18.0. The molecule has 0 heterocycles. The van der Waals surface area contributed by atoms with E-state index in [0.717, 1.165) is 47.0 Å². The number of hydrogen-bond donors (Lipinski definition) is 0. The second-order valence-electron chi connectivity index (χ2n) is 18.0. The van der Waals surface area contributed by atoms with Crippen molar-refractivity contribution in [1.82, 2.24) is 0 Å². The molecule has 2 aliphatic carbocycles. The number of anilines is 6. The number of hydrogen-bond acceptors (Lipinski definition) is 2. The lowest BCUT2D eigenvalue weighted by molar-refractivity contribution is 0.491. The zero-order chi connectivity index (χ0) is 43.4. The summed E-state index contributed by atoms with van der Waals surface area (Å²) in [7, 11) is 0. The zero-order valence-electron chi connectivity index (χ0n) is 37.1. The van der Waals surface area contributed by atoms with Gasteiger partial charge in [0, 0.05) is 45.0 Å². The third-order valence-electron chi connectivity index (χ3n) is 14.3. The first-order chi connectivity index (χ1) is 31.4. The Hall–Kier alpha value is -7.42. The molecule has 0 aliphatic heterocycles. The first-order valence-corrected chi connectivity index (χ1v) is 22.9. The molecular weight excluding hydrogens is 773 g/mol. The van der Waals surface area contributed by atoms with Crippen LogP contribution < -0.4 is 9.80 Å². The maximum absolute atomic E-state index is 2.50. The Morgan fingerprint density at radius 1 is 0.297 bits per heavy atom. The minimum absolute atomic E-state index is 0.0874. The van der Waals surface area contributed by atoms with Gasteiger partial charge in [-0.15, -0.1) is 0 Å². The summed E-state index contributed by atoms with van der Waals surface area (Å²) in [5.74, 6) is 0. The number of para-hydroxylation sites is 3.